The zero-order chi connectivity index (χ0) is 21.0. The van der Waals surface area contributed by atoms with Gasteiger partial charge in [0.05, 0.1) is 23.5 Å². The Morgan fingerprint density at radius 3 is 2.55 bits per heavy atom. The second-order valence-electron chi connectivity index (χ2n) is 6.42. The monoisotopic (exact) mass is 423 g/mol. The molecule has 1 amide bonds. The number of alkyl halides is 3. The van der Waals surface area contributed by atoms with Crippen molar-refractivity contribution >= 4 is 23.2 Å². The molecule has 1 N–H and O–H groups in total. The van der Waals surface area contributed by atoms with Gasteiger partial charge in [0.1, 0.15) is 12.7 Å². The smallest absolute Gasteiger partial charge is 0.323 e. The fourth-order valence-corrected chi connectivity index (χ4v) is 2.86. The number of hydrogen-bond acceptors (Lipinski definition) is 4. The van der Waals surface area contributed by atoms with E-state index in [2.05, 4.69) is 15.4 Å². The maximum absolute atomic E-state index is 13.1. The van der Waals surface area contributed by atoms with Crippen molar-refractivity contribution in [3.8, 4) is 5.69 Å². The lowest BCUT2D eigenvalue weighted by molar-refractivity contribution is -0.137. The van der Waals surface area contributed by atoms with Crippen molar-refractivity contribution in [1.82, 2.24) is 19.7 Å². The average Bonchev–Trinajstić information content (AvgIpc) is 3.17. The summed E-state index contributed by atoms with van der Waals surface area (Å²) in [4.78, 5) is 18.0. The van der Waals surface area contributed by atoms with Gasteiger partial charge in [-0.3, -0.25) is 9.69 Å². The number of halogens is 4. The largest absolute Gasteiger partial charge is 0.416 e. The molecule has 0 saturated carbocycles. The van der Waals surface area contributed by atoms with E-state index in [9.17, 15) is 18.0 Å². The van der Waals surface area contributed by atoms with Gasteiger partial charge in [-0.25, -0.2) is 9.67 Å². The lowest BCUT2D eigenvalue weighted by Crippen LogP contribution is -2.30. The first kappa shape index (κ1) is 20.8. The van der Waals surface area contributed by atoms with E-state index >= 15 is 0 Å². The van der Waals surface area contributed by atoms with E-state index in [0.29, 0.717) is 11.6 Å². The molecule has 0 atom stereocenters. The molecule has 0 aliphatic heterocycles. The first-order valence-electron chi connectivity index (χ1n) is 8.51. The predicted octanol–water partition coefficient (Wildman–Crippen LogP) is 4.01. The van der Waals surface area contributed by atoms with E-state index in [-0.39, 0.29) is 17.9 Å². The zero-order valence-corrected chi connectivity index (χ0v) is 16.1. The van der Waals surface area contributed by atoms with Crippen LogP contribution < -0.4 is 5.32 Å². The van der Waals surface area contributed by atoms with Gasteiger partial charge in [0.2, 0.25) is 5.91 Å². The van der Waals surface area contributed by atoms with Crippen molar-refractivity contribution in [2.75, 3.05) is 18.9 Å². The maximum Gasteiger partial charge on any atom is 0.416 e. The van der Waals surface area contributed by atoms with Crippen LogP contribution in [0.4, 0.5) is 18.9 Å². The summed E-state index contributed by atoms with van der Waals surface area (Å²) in [6.45, 7) is 0.457. The highest BCUT2D eigenvalue weighted by Crippen LogP contribution is 2.33. The molecular weight excluding hydrogens is 407 g/mol. The molecule has 1 aromatic heterocycles. The van der Waals surface area contributed by atoms with E-state index in [0.717, 1.165) is 17.7 Å². The van der Waals surface area contributed by atoms with E-state index in [1.165, 1.54) is 23.4 Å². The fraction of sp³-hybridized carbons (Fsp3) is 0.211. The first-order chi connectivity index (χ1) is 13.7. The second-order valence-corrected chi connectivity index (χ2v) is 6.85. The molecule has 0 unspecified atom stereocenters. The number of amides is 1. The summed E-state index contributed by atoms with van der Waals surface area (Å²) in [5.41, 5.74) is 0.359. The molecule has 152 valence electrons. The summed E-state index contributed by atoms with van der Waals surface area (Å²) in [5.74, 6) is -0.456. The quantitative estimate of drug-likeness (QED) is 0.650. The average molecular weight is 424 g/mol. The van der Waals surface area contributed by atoms with E-state index < -0.39 is 17.6 Å². The van der Waals surface area contributed by atoms with Gasteiger partial charge in [0, 0.05) is 11.6 Å². The highest BCUT2D eigenvalue weighted by Gasteiger charge is 2.31. The van der Waals surface area contributed by atoms with E-state index in [1.807, 2.05) is 12.1 Å². The van der Waals surface area contributed by atoms with Crippen LogP contribution in [0.1, 0.15) is 11.1 Å². The number of carbonyl (C=O) groups excluding carboxylic acids is 1. The zero-order valence-electron chi connectivity index (χ0n) is 15.3. The molecule has 0 aliphatic rings. The molecule has 0 spiro atoms. The standard InChI is InChI=1S/C19H17ClF3N5O/c1-27(9-13-2-5-15(20)6-3-13)10-18(29)26-16-8-14(19(21,22)23)4-7-17(16)28-12-24-11-25-28/h2-8,11-12H,9-10H2,1H3,(H,26,29). The molecule has 10 heteroatoms. The topological polar surface area (TPSA) is 63.1 Å². The number of hydrogen-bond donors (Lipinski definition) is 1. The van der Waals surface area contributed by atoms with Gasteiger partial charge in [-0.05, 0) is 42.9 Å². The van der Waals surface area contributed by atoms with Gasteiger partial charge in [-0.15, -0.1) is 0 Å². The van der Waals surface area contributed by atoms with Crippen molar-refractivity contribution in [3.05, 3.63) is 71.3 Å². The van der Waals surface area contributed by atoms with Crippen LogP contribution in [-0.4, -0.2) is 39.2 Å². The van der Waals surface area contributed by atoms with Gasteiger partial charge in [0.15, 0.2) is 0 Å². The van der Waals surface area contributed by atoms with Crippen molar-refractivity contribution in [2.45, 2.75) is 12.7 Å². The molecule has 29 heavy (non-hydrogen) atoms. The molecule has 0 fully saturated rings. The lowest BCUT2D eigenvalue weighted by Gasteiger charge is -2.18. The fourth-order valence-electron chi connectivity index (χ4n) is 2.74. The molecule has 0 aliphatic carbocycles. The lowest BCUT2D eigenvalue weighted by atomic mass is 10.1. The highest BCUT2D eigenvalue weighted by molar-refractivity contribution is 6.30. The van der Waals surface area contributed by atoms with Crippen LogP contribution in [0.3, 0.4) is 0 Å². The van der Waals surface area contributed by atoms with Crippen molar-refractivity contribution < 1.29 is 18.0 Å². The third-order valence-electron chi connectivity index (χ3n) is 4.04. The van der Waals surface area contributed by atoms with Gasteiger partial charge < -0.3 is 5.32 Å². The number of benzene rings is 2. The number of rotatable bonds is 6. The Labute approximate surface area is 169 Å². The van der Waals surface area contributed by atoms with Gasteiger partial charge in [-0.2, -0.15) is 18.3 Å². The molecular formula is C19H17ClF3N5O. The molecule has 6 nitrogen and oxygen atoms in total. The van der Waals surface area contributed by atoms with E-state index in [1.54, 1.807) is 24.1 Å². The van der Waals surface area contributed by atoms with Gasteiger partial charge in [-0.1, -0.05) is 23.7 Å². The van der Waals surface area contributed by atoms with Crippen LogP contribution in [0.5, 0.6) is 0 Å². The van der Waals surface area contributed by atoms with Crippen LogP contribution in [0.15, 0.2) is 55.1 Å². The van der Waals surface area contributed by atoms with Gasteiger partial charge >= 0.3 is 6.18 Å². The van der Waals surface area contributed by atoms with Crippen LogP contribution in [0.25, 0.3) is 5.69 Å². The summed E-state index contributed by atoms with van der Waals surface area (Å²) < 4.78 is 40.6. The molecule has 2 aromatic carbocycles. The Balaban J connectivity index is 1.75. The number of anilines is 1. The Morgan fingerprint density at radius 1 is 1.21 bits per heavy atom. The van der Waals surface area contributed by atoms with Crippen LogP contribution in [0, 0.1) is 0 Å². The SMILES string of the molecule is CN(CC(=O)Nc1cc(C(F)(F)F)ccc1-n1cncn1)Cc1ccc(Cl)cc1. The number of nitrogens with one attached hydrogen (secondary N) is 1. The molecule has 1 heterocycles. The molecule has 0 bridgehead atoms. The highest BCUT2D eigenvalue weighted by atomic mass is 35.5. The minimum Gasteiger partial charge on any atom is -0.323 e. The van der Waals surface area contributed by atoms with Gasteiger partial charge in [0.25, 0.3) is 0 Å². The number of carbonyl (C=O) groups is 1. The van der Waals surface area contributed by atoms with Crippen LogP contribution >= 0.6 is 11.6 Å². The molecule has 3 aromatic rings. The summed E-state index contributed by atoms with van der Waals surface area (Å²) in [6.07, 6.45) is -1.94. The summed E-state index contributed by atoms with van der Waals surface area (Å²) in [6, 6.07) is 10.2. The number of aromatic nitrogens is 3. The summed E-state index contributed by atoms with van der Waals surface area (Å²) in [5, 5.41) is 7.08. The Morgan fingerprint density at radius 2 is 1.93 bits per heavy atom. The third kappa shape index (κ3) is 5.55. The Hall–Kier alpha value is -2.91. The van der Waals surface area contributed by atoms with E-state index in [4.69, 9.17) is 11.6 Å². The number of nitrogens with zero attached hydrogens (tertiary/aromatic N) is 4. The van der Waals surface area contributed by atoms with Crippen molar-refractivity contribution in [1.29, 1.82) is 0 Å². The maximum atomic E-state index is 13.1. The Kier molecular flexibility index (Phi) is 6.19. The second kappa shape index (κ2) is 8.62. The third-order valence-corrected chi connectivity index (χ3v) is 4.29. The van der Waals surface area contributed by atoms with Crippen molar-refractivity contribution in [2.24, 2.45) is 0 Å². The minimum atomic E-state index is -4.54. The minimum absolute atomic E-state index is 0.00443. The molecule has 3 rings (SSSR count). The Bertz CT molecular complexity index is 975. The normalized spacial score (nSPS) is 11.7. The molecule has 0 saturated heterocycles. The van der Waals surface area contributed by atoms with Crippen molar-refractivity contribution in [3.63, 3.8) is 0 Å². The van der Waals surface area contributed by atoms with Crippen LogP contribution in [-0.2, 0) is 17.5 Å². The molecule has 0 radical (unpaired) electrons. The summed E-state index contributed by atoms with van der Waals surface area (Å²) >= 11 is 5.86. The predicted molar refractivity (Wildman–Crippen MR) is 103 cm³/mol. The van der Waals surface area contributed by atoms with Crippen LogP contribution in [0.2, 0.25) is 5.02 Å². The summed E-state index contributed by atoms with van der Waals surface area (Å²) in [7, 11) is 1.73. The number of likely N-dealkylation sites (N-methyl/N-ethyl adjacent to an activating group) is 1. The first-order valence-corrected chi connectivity index (χ1v) is 8.89.